The van der Waals surface area contributed by atoms with Crippen LogP contribution in [0.1, 0.15) is 34.0 Å². The lowest BCUT2D eigenvalue weighted by Gasteiger charge is -2.34. The average Bonchev–Trinajstić information content (AvgIpc) is 3.49. The van der Waals surface area contributed by atoms with Crippen molar-refractivity contribution in [3.8, 4) is 0 Å². The van der Waals surface area contributed by atoms with Crippen LogP contribution in [0.15, 0.2) is 26.9 Å². The molecule has 0 aliphatic carbocycles. The van der Waals surface area contributed by atoms with Crippen molar-refractivity contribution < 1.29 is 22.5 Å². The molecule has 0 aromatic carbocycles. The Morgan fingerprint density at radius 2 is 1.73 bits per heavy atom. The molecule has 4 rings (SSSR count). The third-order valence-electron chi connectivity index (χ3n) is 5.38. The number of hydrogen-bond acceptors (Lipinski definition) is 7. The van der Waals surface area contributed by atoms with E-state index in [0.29, 0.717) is 49.2 Å². The monoisotopic (exact) mass is 452 g/mol. The number of amides is 2. The zero-order chi connectivity index (χ0) is 21.3. The van der Waals surface area contributed by atoms with Crippen LogP contribution in [-0.4, -0.2) is 78.8 Å². The molecule has 2 aromatic heterocycles. The highest BCUT2D eigenvalue weighted by Gasteiger charge is 2.30. The number of piperazine rings is 1. The molecule has 0 unspecified atom stereocenters. The minimum Gasteiger partial charge on any atom is -0.351 e. The maximum Gasteiger partial charge on any atom is 0.292 e. The van der Waals surface area contributed by atoms with Crippen LogP contribution in [0.5, 0.6) is 0 Å². The number of sulfonamides is 1. The summed E-state index contributed by atoms with van der Waals surface area (Å²) in [6, 6.07) is 4.92. The second-order valence-electron chi connectivity index (χ2n) is 7.51. The standard InChI is InChI=1S/C19H24N4O5S2/c1-14-12-16(28-20-14)19(25)22-10-8-21(9-11-22)17(24)13-15-4-5-18(29-15)30(26,27)23-6-2-3-7-23/h4-5,12H,2-3,6-11,13H2,1H3. The molecule has 2 fully saturated rings. The largest absolute Gasteiger partial charge is 0.351 e. The number of thiophene rings is 1. The first-order valence-electron chi connectivity index (χ1n) is 9.94. The van der Waals surface area contributed by atoms with E-state index in [2.05, 4.69) is 5.16 Å². The van der Waals surface area contributed by atoms with Gasteiger partial charge in [-0.05, 0) is 31.9 Å². The first-order valence-corrected chi connectivity index (χ1v) is 12.2. The highest BCUT2D eigenvalue weighted by atomic mass is 32.2. The lowest BCUT2D eigenvalue weighted by molar-refractivity contribution is -0.131. The number of carbonyl (C=O) groups excluding carboxylic acids is 2. The van der Waals surface area contributed by atoms with Gasteiger partial charge in [-0.1, -0.05) is 5.16 Å². The molecule has 0 bridgehead atoms. The summed E-state index contributed by atoms with van der Waals surface area (Å²) < 4.78 is 32.1. The van der Waals surface area contributed by atoms with Crippen molar-refractivity contribution in [2.45, 2.75) is 30.4 Å². The van der Waals surface area contributed by atoms with Crippen molar-refractivity contribution in [3.63, 3.8) is 0 Å². The first-order chi connectivity index (χ1) is 14.3. The molecule has 0 spiro atoms. The smallest absolute Gasteiger partial charge is 0.292 e. The van der Waals surface area contributed by atoms with Gasteiger partial charge in [-0.25, -0.2) is 8.42 Å². The highest BCUT2D eigenvalue weighted by Crippen LogP contribution is 2.28. The lowest BCUT2D eigenvalue weighted by atomic mass is 10.2. The third-order valence-corrected chi connectivity index (χ3v) is 8.83. The summed E-state index contributed by atoms with van der Waals surface area (Å²) in [5.41, 5.74) is 0.647. The molecule has 4 heterocycles. The van der Waals surface area contributed by atoms with Gasteiger partial charge < -0.3 is 14.3 Å². The maximum atomic E-state index is 12.7. The molecule has 2 aliphatic heterocycles. The van der Waals surface area contributed by atoms with Crippen LogP contribution in [0.2, 0.25) is 0 Å². The molecule has 0 atom stereocenters. The normalized spacial score (nSPS) is 18.2. The van der Waals surface area contributed by atoms with Gasteiger partial charge in [-0.2, -0.15) is 4.31 Å². The molecule has 9 nitrogen and oxygen atoms in total. The summed E-state index contributed by atoms with van der Waals surface area (Å²) >= 11 is 1.16. The van der Waals surface area contributed by atoms with Crippen LogP contribution in [0.4, 0.5) is 0 Å². The van der Waals surface area contributed by atoms with E-state index in [1.807, 2.05) is 0 Å². The van der Waals surface area contributed by atoms with Gasteiger partial charge in [0.05, 0.1) is 12.1 Å². The molecule has 2 amide bonds. The van der Waals surface area contributed by atoms with Crippen molar-refractivity contribution in [1.82, 2.24) is 19.3 Å². The van der Waals surface area contributed by atoms with Crippen LogP contribution in [-0.2, 0) is 21.2 Å². The van der Waals surface area contributed by atoms with Crippen LogP contribution < -0.4 is 0 Å². The van der Waals surface area contributed by atoms with E-state index in [4.69, 9.17) is 4.52 Å². The predicted octanol–water partition coefficient (Wildman–Crippen LogP) is 1.36. The van der Waals surface area contributed by atoms with E-state index in [0.717, 1.165) is 29.1 Å². The van der Waals surface area contributed by atoms with E-state index in [9.17, 15) is 18.0 Å². The van der Waals surface area contributed by atoms with Crippen LogP contribution >= 0.6 is 11.3 Å². The van der Waals surface area contributed by atoms with Gasteiger partial charge in [-0.3, -0.25) is 9.59 Å². The molecular formula is C19H24N4O5S2. The zero-order valence-electron chi connectivity index (χ0n) is 16.7. The van der Waals surface area contributed by atoms with E-state index in [-0.39, 0.29) is 24.0 Å². The fourth-order valence-corrected chi connectivity index (χ4v) is 6.71. The molecule has 2 aliphatic rings. The quantitative estimate of drug-likeness (QED) is 0.678. The van der Waals surface area contributed by atoms with Crippen LogP contribution in [0, 0.1) is 6.92 Å². The van der Waals surface area contributed by atoms with Crippen molar-refractivity contribution in [2.24, 2.45) is 0 Å². The van der Waals surface area contributed by atoms with Gasteiger partial charge in [0, 0.05) is 50.2 Å². The van der Waals surface area contributed by atoms with Gasteiger partial charge in [0.25, 0.3) is 15.9 Å². The van der Waals surface area contributed by atoms with Gasteiger partial charge in [0.2, 0.25) is 11.7 Å². The molecule has 30 heavy (non-hydrogen) atoms. The van der Waals surface area contributed by atoms with E-state index in [1.165, 1.54) is 4.31 Å². The summed E-state index contributed by atoms with van der Waals surface area (Å²) in [6.45, 7) is 4.58. The maximum absolute atomic E-state index is 12.7. The fraction of sp³-hybridized carbons (Fsp3) is 0.526. The molecule has 0 N–H and O–H groups in total. The second kappa shape index (κ2) is 8.48. The number of aromatic nitrogens is 1. The Morgan fingerprint density at radius 1 is 1.07 bits per heavy atom. The Kier molecular flexibility index (Phi) is 5.94. The van der Waals surface area contributed by atoms with E-state index < -0.39 is 10.0 Å². The highest BCUT2D eigenvalue weighted by molar-refractivity contribution is 7.91. The van der Waals surface area contributed by atoms with E-state index in [1.54, 1.807) is 34.9 Å². The van der Waals surface area contributed by atoms with Gasteiger partial charge in [0.1, 0.15) is 4.21 Å². The molecule has 11 heteroatoms. The minimum absolute atomic E-state index is 0.0652. The summed E-state index contributed by atoms with van der Waals surface area (Å²) in [6.07, 6.45) is 1.94. The number of aryl methyl sites for hydroxylation is 1. The zero-order valence-corrected chi connectivity index (χ0v) is 18.4. The molecule has 162 valence electrons. The summed E-state index contributed by atoms with van der Waals surface area (Å²) in [5.74, 6) is -0.0834. The lowest BCUT2D eigenvalue weighted by Crippen LogP contribution is -2.50. The Balaban J connectivity index is 1.32. The van der Waals surface area contributed by atoms with Crippen LogP contribution in [0.25, 0.3) is 0 Å². The fourth-order valence-electron chi connectivity index (χ4n) is 3.69. The van der Waals surface area contributed by atoms with Crippen molar-refractivity contribution in [3.05, 3.63) is 34.5 Å². The minimum atomic E-state index is -3.45. The summed E-state index contributed by atoms with van der Waals surface area (Å²) in [7, 11) is -3.45. The molecule has 2 aromatic rings. The van der Waals surface area contributed by atoms with Gasteiger partial charge >= 0.3 is 0 Å². The molecular weight excluding hydrogens is 428 g/mol. The Morgan fingerprint density at radius 3 is 2.37 bits per heavy atom. The van der Waals surface area contributed by atoms with Crippen molar-refractivity contribution in [2.75, 3.05) is 39.3 Å². The Bertz CT molecular complexity index is 1030. The summed E-state index contributed by atoms with van der Waals surface area (Å²) in [5, 5.41) is 3.74. The Hall–Kier alpha value is -2.24. The molecule has 0 saturated carbocycles. The van der Waals surface area contributed by atoms with Crippen molar-refractivity contribution >= 4 is 33.2 Å². The second-order valence-corrected chi connectivity index (χ2v) is 10.8. The predicted molar refractivity (Wildman–Crippen MR) is 110 cm³/mol. The molecule has 0 radical (unpaired) electrons. The topological polar surface area (TPSA) is 104 Å². The SMILES string of the molecule is Cc1cc(C(=O)N2CCN(C(=O)Cc3ccc(S(=O)(=O)N4CCCC4)s3)CC2)on1. The third kappa shape index (κ3) is 4.28. The van der Waals surface area contributed by atoms with Gasteiger partial charge in [0.15, 0.2) is 0 Å². The number of hydrogen-bond donors (Lipinski definition) is 0. The first kappa shape index (κ1) is 21.0. The van der Waals surface area contributed by atoms with E-state index >= 15 is 0 Å². The van der Waals surface area contributed by atoms with Crippen molar-refractivity contribution in [1.29, 1.82) is 0 Å². The number of rotatable bonds is 5. The van der Waals surface area contributed by atoms with Crippen LogP contribution in [0.3, 0.4) is 0 Å². The number of nitrogens with zero attached hydrogens (tertiary/aromatic N) is 4. The Labute approximate surface area is 179 Å². The average molecular weight is 453 g/mol. The number of carbonyl (C=O) groups is 2. The summed E-state index contributed by atoms with van der Waals surface area (Å²) in [4.78, 5) is 29.2. The van der Waals surface area contributed by atoms with Gasteiger partial charge in [-0.15, -0.1) is 11.3 Å². The molecule has 2 saturated heterocycles.